The van der Waals surface area contributed by atoms with Gasteiger partial charge in [0.05, 0.1) is 6.54 Å². The molecule has 1 heterocycles. The van der Waals surface area contributed by atoms with Gasteiger partial charge < -0.3 is 14.9 Å². The number of aryl methyl sites for hydroxylation is 2. The minimum absolute atomic E-state index is 0.0525. The van der Waals surface area contributed by atoms with Crippen molar-refractivity contribution in [1.82, 2.24) is 0 Å². The first-order chi connectivity index (χ1) is 9.81. The normalized spacial score (nSPS) is 11.7. The van der Waals surface area contributed by atoms with Gasteiger partial charge in [0, 0.05) is 5.56 Å². The van der Waals surface area contributed by atoms with Gasteiger partial charge >= 0.3 is 0 Å². The lowest BCUT2D eigenvalue weighted by atomic mass is 9.86. The fraction of sp³-hybridized carbons (Fsp3) is 0.444. The molecule has 0 unspecified atom stereocenters. The number of hydrogen-bond acceptors (Lipinski definition) is 3. The Hall–Kier alpha value is -1.74. The summed E-state index contributed by atoms with van der Waals surface area (Å²) in [6.07, 6.45) is 0. The van der Waals surface area contributed by atoms with Gasteiger partial charge in [0.2, 0.25) is 0 Å². The Bertz CT molecular complexity index is 621. The van der Waals surface area contributed by atoms with Crippen LogP contribution in [0.4, 0.5) is 0 Å². The maximum absolute atomic E-state index is 6.07. The molecule has 0 radical (unpaired) electrons. The molecule has 0 saturated carbocycles. The molecular formula is C18H25NO2. The molecule has 0 saturated heterocycles. The van der Waals surface area contributed by atoms with Crippen molar-refractivity contribution >= 4 is 0 Å². The van der Waals surface area contributed by atoms with Crippen LogP contribution in [0.5, 0.6) is 5.75 Å². The van der Waals surface area contributed by atoms with Crippen molar-refractivity contribution in [3.05, 3.63) is 52.5 Å². The fourth-order valence-electron chi connectivity index (χ4n) is 2.36. The highest BCUT2D eigenvalue weighted by molar-refractivity contribution is 5.41. The fourth-order valence-corrected chi connectivity index (χ4v) is 2.36. The Kier molecular flexibility index (Phi) is 4.43. The van der Waals surface area contributed by atoms with Crippen LogP contribution in [-0.2, 0) is 18.6 Å². The Balaban J connectivity index is 2.23. The van der Waals surface area contributed by atoms with Crippen molar-refractivity contribution < 1.29 is 9.15 Å². The highest BCUT2D eigenvalue weighted by Crippen LogP contribution is 2.32. The third-order valence-corrected chi connectivity index (χ3v) is 3.60. The van der Waals surface area contributed by atoms with Gasteiger partial charge in [0.15, 0.2) is 0 Å². The van der Waals surface area contributed by atoms with E-state index in [-0.39, 0.29) is 5.41 Å². The lowest BCUT2D eigenvalue weighted by Gasteiger charge is -2.23. The van der Waals surface area contributed by atoms with Crippen molar-refractivity contribution in [1.29, 1.82) is 0 Å². The smallest absolute Gasteiger partial charge is 0.123 e. The molecule has 2 rings (SSSR count). The van der Waals surface area contributed by atoms with Gasteiger partial charge in [0.25, 0.3) is 0 Å². The summed E-state index contributed by atoms with van der Waals surface area (Å²) in [5.41, 5.74) is 9.13. The van der Waals surface area contributed by atoms with Crippen molar-refractivity contribution in [2.24, 2.45) is 5.73 Å². The lowest BCUT2D eigenvalue weighted by Crippen LogP contribution is -2.13. The molecule has 3 heteroatoms. The van der Waals surface area contributed by atoms with E-state index in [9.17, 15) is 0 Å². The second-order valence-electron chi connectivity index (χ2n) is 6.54. The van der Waals surface area contributed by atoms with Crippen molar-refractivity contribution in [2.75, 3.05) is 0 Å². The highest BCUT2D eigenvalue weighted by Gasteiger charge is 2.19. The third-order valence-electron chi connectivity index (χ3n) is 3.60. The molecule has 2 N–H and O–H groups in total. The largest absolute Gasteiger partial charge is 0.488 e. The average molecular weight is 287 g/mol. The zero-order valence-corrected chi connectivity index (χ0v) is 13.6. The molecule has 0 amide bonds. The van der Waals surface area contributed by atoms with Gasteiger partial charge in [-0.2, -0.15) is 0 Å². The first-order valence-corrected chi connectivity index (χ1v) is 7.33. The van der Waals surface area contributed by atoms with Crippen LogP contribution in [0.3, 0.4) is 0 Å². The molecule has 114 valence electrons. The third kappa shape index (κ3) is 3.67. The number of nitrogens with two attached hydrogens (primary N) is 1. The van der Waals surface area contributed by atoms with Gasteiger partial charge in [-0.25, -0.2) is 0 Å². The summed E-state index contributed by atoms with van der Waals surface area (Å²) >= 11 is 0. The standard InChI is InChI=1S/C18H25NO2/c1-12-6-7-16(18(3,4)5)17(8-12)20-11-14-9-15(10-19)21-13(14)2/h6-9H,10-11,19H2,1-5H3. The Morgan fingerprint density at radius 2 is 1.86 bits per heavy atom. The minimum atomic E-state index is 0.0525. The Morgan fingerprint density at radius 1 is 1.14 bits per heavy atom. The summed E-state index contributed by atoms with van der Waals surface area (Å²) in [7, 11) is 0. The zero-order chi connectivity index (χ0) is 15.6. The van der Waals surface area contributed by atoms with Crippen LogP contribution in [0.15, 0.2) is 28.7 Å². The Morgan fingerprint density at radius 3 is 2.43 bits per heavy atom. The average Bonchev–Trinajstić information content (AvgIpc) is 2.75. The molecule has 1 aromatic carbocycles. The van der Waals surface area contributed by atoms with E-state index in [2.05, 4.69) is 45.9 Å². The monoisotopic (exact) mass is 287 g/mol. The van der Waals surface area contributed by atoms with E-state index >= 15 is 0 Å². The number of benzene rings is 1. The van der Waals surface area contributed by atoms with Crippen molar-refractivity contribution in [3.63, 3.8) is 0 Å². The van der Waals surface area contributed by atoms with E-state index in [0.717, 1.165) is 22.8 Å². The number of rotatable bonds is 4. The second kappa shape index (κ2) is 5.94. The van der Waals surface area contributed by atoms with Crippen LogP contribution in [0, 0.1) is 13.8 Å². The maximum atomic E-state index is 6.07. The summed E-state index contributed by atoms with van der Waals surface area (Å²) < 4.78 is 11.6. The van der Waals surface area contributed by atoms with Crippen LogP contribution in [0.1, 0.15) is 49.0 Å². The highest BCUT2D eigenvalue weighted by atomic mass is 16.5. The molecule has 2 aromatic rings. The van der Waals surface area contributed by atoms with Gasteiger partial charge in [-0.1, -0.05) is 32.9 Å². The molecule has 0 aliphatic carbocycles. The molecular weight excluding hydrogens is 262 g/mol. The number of furan rings is 1. The summed E-state index contributed by atoms with van der Waals surface area (Å²) in [6, 6.07) is 8.35. The van der Waals surface area contributed by atoms with Crippen LogP contribution in [0.2, 0.25) is 0 Å². The molecule has 3 nitrogen and oxygen atoms in total. The Labute approximate surface area is 127 Å². The molecule has 0 fully saturated rings. The SMILES string of the molecule is Cc1ccc(C(C)(C)C)c(OCc2cc(CN)oc2C)c1. The van der Waals surface area contributed by atoms with Crippen molar-refractivity contribution in [3.8, 4) is 5.75 Å². The molecule has 0 aliphatic rings. The van der Waals surface area contributed by atoms with Gasteiger partial charge in [-0.3, -0.25) is 0 Å². The van der Waals surface area contributed by atoms with Gasteiger partial charge in [-0.15, -0.1) is 0 Å². The number of ether oxygens (including phenoxy) is 1. The van der Waals surface area contributed by atoms with E-state index in [4.69, 9.17) is 14.9 Å². The number of hydrogen-bond donors (Lipinski definition) is 1. The van der Waals surface area contributed by atoms with Crippen LogP contribution >= 0.6 is 0 Å². The molecule has 0 bridgehead atoms. The van der Waals surface area contributed by atoms with E-state index in [1.165, 1.54) is 11.1 Å². The molecule has 0 atom stereocenters. The quantitative estimate of drug-likeness (QED) is 0.915. The van der Waals surface area contributed by atoms with E-state index in [1.54, 1.807) is 0 Å². The summed E-state index contributed by atoms with van der Waals surface area (Å²) in [6.45, 7) is 11.5. The minimum Gasteiger partial charge on any atom is -0.488 e. The zero-order valence-electron chi connectivity index (χ0n) is 13.6. The van der Waals surface area contributed by atoms with Crippen LogP contribution in [-0.4, -0.2) is 0 Å². The summed E-state index contributed by atoms with van der Waals surface area (Å²) in [4.78, 5) is 0. The summed E-state index contributed by atoms with van der Waals surface area (Å²) in [5, 5.41) is 0. The lowest BCUT2D eigenvalue weighted by molar-refractivity contribution is 0.294. The molecule has 1 aromatic heterocycles. The summed E-state index contributed by atoms with van der Waals surface area (Å²) in [5.74, 6) is 2.61. The predicted octanol–water partition coefficient (Wildman–Crippen LogP) is 4.23. The van der Waals surface area contributed by atoms with Crippen LogP contribution in [0.25, 0.3) is 0 Å². The first-order valence-electron chi connectivity index (χ1n) is 7.33. The van der Waals surface area contributed by atoms with Gasteiger partial charge in [-0.05, 0) is 42.5 Å². The van der Waals surface area contributed by atoms with Crippen LogP contribution < -0.4 is 10.5 Å². The molecule has 0 spiro atoms. The van der Waals surface area contributed by atoms with Crippen molar-refractivity contribution in [2.45, 2.75) is 53.2 Å². The first kappa shape index (κ1) is 15.6. The second-order valence-corrected chi connectivity index (χ2v) is 6.54. The topological polar surface area (TPSA) is 48.4 Å². The molecule has 0 aliphatic heterocycles. The van der Waals surface area contributed by atoms with E-state index in [0.29, 0.717) is 13.2 Å². The predicted molar refractivity (Wildman–Crippen MR) is 85.5 cm³/mol. The van der Waals surface area contributed by atoms with Gasteiger partial charge in [0.1, 0.15) is 23.9 Å². The van der Waals surface area contributed by atoms with E-state index in [1.807, 2.05) is 13.0 Å². The molecule has 21 heavy (non-hydrogen) atoms. The van der Waals surface area contributed by atoms with E-state index < -0.39 is 0 Å². The maximum Gasteiger partial charge on any atom is 0.123 e.